The maximum atomic E-state index is 5.86. The van der Waals surface area contributed by atoms with Gasteiger partial charge in [-0.3, -0.25) is 0 Å². The van der Waals surface area contributed by atoms with Crippen LogP contribution >= 0.6 is 22.9 Å². The van der Waals surface area contributed by atoms with E-state index in [0.717, 1.165) is 13.0 Å². The van der Waals surface area contributed by atoms with Gasteiger partial charge in [0.2, 0.25) is 0 Å². The Balaban J connectivity index is 2.20. The Morgan fingerprint density at radius 2 is 2.29 bits per heavy atom. The van der Waals surface area contributed by atoms with Crippen LogP contribution in [-0.2, 0) is 6.42 Å². The molecule has 0 aliphatic heterocycles. The van der Waals surface area contributed by atoms with E-state index >= 15 is 0 Å². The molecule has 1 nitrogen and oxygen atoms in total. The Labute approximate surface area is 95.5 Å². The highest BCUT2D eigenvalue weighted by atomic mass is 35.5. The van der Waals surface area contributed by atoms with Gasteiger partial charge in [-0.1, -0.05) is 13.8 Å². The van der Waals surface area contributed by atoms with Gasteiger partial charge in [0.15, 0.2) is 0 Å². The molecular formula is C11H18ClNS. The van der Waals surface area contributed by atoms with Crippen molar-refractivity contribution in [2.75, 3.05) is 12.4 Å². The fourth-order valence-electron chi connectivity index (χ4n) is 1.31. The lowest BCUT2D eigenvalue weighted by Crippen LogP contribution is -2.36. The maximum absolute atomic E-state index is 5.86. The summed E-state index contributed by atoms with van der Waals surface area (Å²) in [5.74, 6) is 1.30. The highest BCUT2D eigenvalue weighted by Gasteiger charge is 2.10. The van der Waals surface area contributed by atoms with E-state index in [1.807, 2.05) is 0 Å². The summed E-state index contributed by atoms with van der Waals surface area (Å²) in [6.07, 6.45) is 1.10. The minimum atomic E-state index is 0.440. The van der Waals surface area contributed by atoms with E-state index in [4.69, 9.17) is 11.6 Å². The lowest BCUT2D eigenvalue weighted by Gasteiger charge is -2.19. The van der Waals surface area contributed by atoms with Gasteiger partial charge < -0.3 is 5.32 Å². The van der Waals surface area contributed by atoms with Crippen LogP contribution in [0.25, 0.3) is 0 Å². The Hall–Kier alpha value is -0.0500. The first-order chi connectivity index (χ1) is 6.74. The van der Waals surface area contributed by atoms with Crippen molar-refractivity contribution in [2.24, 2.45) is 5.92 Å². The van der Waals surface area contributed by atoms with Gasteiger partial charge in [0, 0.05) is 11.9 Å². The lowest BCUT2D eigenvalue weighted by molar-refractivity contribution is 0.434. The third-order valence-corrected chi connectivity index (χ3v) is 3.44. The third-order valence-electron chi connectivity index (χ3n) is 2.37. The molecule has 0 amide bonds. The van der Waals surface area contributed by atoms with Crippen LogP contribution in [0.15, 0.2) is 16.8 Å². The van der Waals surface area contributed by atoms with Crippen LogP contribution in [0.2, 0.25) is 0 Å². The van der Waals surface area contributed by atoms with Gasteiger partial charge in [0.05, 0.1) is 0 Å². The third kappa shape index (κ3) is 3.99. The fraction of sp³-hybridized carbons (Fsp3) is 0.636. The van der Waals surface area contributed by atoms with E-state index in [9.17, 15) is 0 Å². The molecule has 0 aromatic carbocycles. The highest BCUT2D eigenvalue weighted by Crippen LogP contribution is 2.07. The molecule has 1 N–H and O–H groups in total. The molecule has 0 aliphatic rings. The van der Waals surface area contributed by atoms with Crippen LogP contribution in [-0.4, -0.2) is 18.5 Å². The summed E-state index contributed by atoms with van der Waals surface area (Å²) in [4.78, 5) is 0. The van der Waals surface area contributed by atoms with Crippen LogP contribution in [0.3, 0.4) is 0 Å². The molecule has 1 unspecified atom stereocenters. The van der Waals surface area contributed by atoms with Gasteiger partial charge in [-0.2, -0.15) is 11.3 Å². The van der Waals surface area contributed by atoms with Crippen LogP contribution in [0.1, 0.15) is 19.4 Å². The lowest BCUT2D eigenvalue weighted by atomic mass is 10.1. The summed E-state index contributed by atoms with van der Waals surface area (Å²) in [5, 5.41) is 7.80. The molecule has 1 aromatic heterocycles. The van der Waals surface area contributed by atoms with E-state index < -0.39 is 0 Å². The number of halogens is 1. The standard InChI is InChI=1S/C11H18ClNS/c1-9(2)11(7-12)13-5-3-10-4-6-14-8-10/h4,6,8-9,11,13H,3,5,7H2,1-2H3. The normalized spacial score (nSPS) is 13.4. The molecule has 1 heterocycles. The van der Waals surface area contributed by atoms with Crippen molar-refractivity contribution in [3.63, 3.8) is 0 Å². The van der Waals surface area contributed by atoms with Crippen molar-refractivity contribution in [2.45, 2.75) is 26.3 Å². The number of alkyl halides is 1. The predicted octanol–water partition coefficient (Wildman–Crippen LogP) is 3.14. The number of nitrogens with one attached hydrogen (secondary N) is 1. The predicted molar refractivity (Wildman–Crippen MR) is 65.4 cm³/mol. The Kier molecular flexibility index (Phi) is 5.53. The molecule has 14 heavy (non-hydrogen) atoms. The second-order valence-corrected chi connectivity index (χ2v) is 4.93. The summed E-state index contributed by atoms with van der Waals surface area (Å²) in [5.41, 5.74) is 1.42. The van der Waals surface area contributed by atoms with E-state index in [-0.39, 0.29) is 0 Å². The molecule has 0 fully saturated rings. The molecular weight excluding hydrogens is 214 g/mol. The van der Waals surface area contributed by atoms with E-state index in [0.29, 0.717) is 17.8 Å². The first kappa shape index (κ1) is 12.0. The fourth-order valence-corrected chi connectivity index (χ4v) is 2.47. The van der Waals surface area contributed by atoms with Gasteiger partial charge in [-0.25, -0.2) is 0 Å². The topological polar surface area (TPSA) is 12.0 Å². The van der Waals surface area contributed by atoms with Crippen molar-refractivity contribution in [3.05, 3.63) is 22.4 Å². The van der Waals surface area contributed by atoms with E-state index in [1.165, 1.54) is 5.56 Å². The summed E-state index contributed by atoms with van der Waals surface area (Å²) in [6, 6.07) is 2.62. The minimum absolute atomic E-state index is 0.440. The van der Waals surface area contributed by atoms with Crippen molar-refractivity contribution in [1.29, 1.82) is 0 Å². The Bertz CT molecular complexity index is 233. The maximum Gasteiger partial charge on any atom is 0.0379 e. The van der Waals surface area contributed by atoms with Gasteiger partial charge >= 0.3 is 0 Å². The molecule has 0 saturated heterocycles. The molecule has 3 heteroatoms. The van der Waals surface area contributed by atoms with Gasteiger partial charge in [-0.05, 0) is 41.3 Å². The summed E-state index contributed by atoms with van der Waals surface area (Å²) < 4.78 is 0. The van der Waals surface area contributed by atoms with Crippen molar-refractivity contribution in [1.82, 2.24) is 5.32 Å². The molecule has 0 bridgehead atoms. The summed E-state index contributed by atoms with van der Waals surface area (Å²) in [6.45, 7) is 5.42. The SMILES string of the molecule is CC(C)C(CCl)NCCc1ccsc1. The number of thiophene rings is 1. The molecule has 0 spiro atoms. The average molecular weight is 232 g/mol. The van der Waals surface area contributed by atoms with E-state index in [1.54, 1.807) is 11.3 Å². The molecule has 0 radical (unpaired) electrons. The zero-order valence-electron chi connectivity index (χ0n) is 8.79. The van der Waals surface area contributed by atoms with Crippen molar-refractivity contribution < 1.29 is 0 Å². The summed E-state index contributed by atoms with van der Waals surface area (Å²) in [7, 11) is 0. The molecule has 1 aromatic rings. The van der Waals surface area contributed by atoms with Crippen LogP contribution < -0.4 is 5.32 Å². The smallest absolute Gasteiger partial charge is 0.0379 e. The average Bonchev–Trinajstić information content (AvgIpc) is 2.64. The second kappa shape index (κ2) is 6.44. The van der Waals surface area contributed by atoms with E-state index in [2.05, 4.69) is 36.0 Å². The van der Waals surface area contributed by atoms with Gasteiger partial charge in [0.25, 0.3) is 0 Å². The molecule has 1 rings (SSSR count). The van der Waals surface area contributed by atoms with Crippen LogP contribution in [0.5, 0.6) is 0 Å². The quantitative estimate of drug-likeness (QED) is 0.742. The second-order valence-electron chi connectivity index (χ2n) is 3.84. The molecule has 80 valence electrons. The minimum Gasteiger partial charge on any atom is -0.312 e. The molecule has 0 saturated carbocycles. The largest absolute Gasteiger partial charge is 0.312 e. The zero-order chi connectivity index (χ0) is 10.4. The van der Waals surface area contributed by atoms with Crippen LogP contribution in [0.4, 0.5) is 0 Å². The van der Waals surface area contributed by atoms with Crippen molar-refractivity contribution >= 4 is 22.9 Å². The number of hydrogen-bond donors (Lipinski definition) is 1. The number of hydrogen-bond acceptors (Lipinski definition) is 2. The number of rotatable bonds is 6. The molecule has 1 atom stereocenters. The Morgan fingerprint density at radius 3 is 2.79 bits per heavy atom. The zero-order valence-corrected chi connectivity index (χ0v) is 10.4. The molecule has 0 aliphatic carbocycles. The summed E-state index contributed by atoms with van der Waals surface area (Å²) >= 11 is 7.62. The van der Waals surface area contributed by atoms with Gasteiger partial charge in [0.1, 0.15) is 0 Å². The van der Waals surface area contributed by atoms with Gasteiger partial charge in [-0.15, -0.1) is 11.6 Å². The first-order valence-electron chi connectivity index (χ1n) is 5.04. The first-order valence-corrected chi connectivity index (χ1v) is 6.52. The monoisotopic (exact) mass is 231 g/mol. The Morgan fingerprint density at radius 1 is 1.50 bits per heavy atom. The highest BCUT2D eigenvalue weighted by molar-refractivity contribution is 7.07. The van der Waals surface area contributed by atoms with Crippen molar-refractivity contribution in [3.8, 4) is 0 Å². The van der Waals surface area contributed by atoms with Crippen LogP contribution in [0, 0.1) is 5.92 Å².